The van der Waals surface area contributed by atoms with Crippen molar-refractivity contribution in [1.82, 2.24) is 4.90 Å². The third-order valence-corrected chi connectivity index (χ3v) is 5.98. The van der Waals surface area contributed by atoms with E-state index < -0.39 is 12.0 Å². The fraction of sp³-hybridized carbons (Fsp3) is 0.389. The van der Waals surface area contributed by atoms with Crippen LogP contribution in [0.1, 0.15) is 32.4 Å². The number of esters is 1. The van der Waals surface area contributed by atoms with Crippen LogP contribution in [0.25, 0.3) is 0 Å². The topological polar surface area (TPSA) is 59.0 Å². The van der Waals surface area contributed by atoms with Crippen molar-refractivity contribution in [3.05, 3.63) is 41.1 Å². The molecule has 1 amide bonds. The van der Waals surface area contributed by atoms with E-state index in [0.29, 0.717) is 16.4 Å². The first kappa shape index (κ1) is 18.1. The molecule has 5 nitrogen and oxygen atoms in total. The zero-order valence-electron chi connectivity index (χ0n) is 14.6. The van der Waals surface area contributed by atoms with Crippen molar-refractivity contribution in [2.45, 2.75) is 37.0 Å². The summed E-state index contributed by atoms with van der Waals surface area (Å²) in [4.78, 5) is 32.6. The predicted octanol–water partition coefficient (Wildman–Crippen LogP) is 3.62. The minimum atomic E-state index is -0.493. The van der Waals surface area contributed by atoms with Gasteiger partial charge < -0.3 is 4.74 Å². The van der Waals surface area contributed by atoms with Gasteiger partial charge in [-0.1, -0.05) is 23.9 Å². The van der Waals surface area contributed by atoms with Crippen LogP contribution >= 0.6 is 23.5 Å². The highest BCUT2D eigenvalue weighted by Gasteiger charge is 2.46. The highest BCUT2D eigenvalue weighted by Crippen LogP contribution is 2.43. The summed E-state index contributed by atoms with van der Waals surface area (Å²) in [5.74, 6) is -0.448. The number of nitrogens with zero attached hydrogens (tertiary/aromatic N) is 2. The van der Waals surface area contributed by atoms with Gasteiger partial charge >= 0.3 is 5.97 Å². The molecule has 0 saturated carbocycles. The van der Waals surface area contributed by atoms with Gasteiger partial charge in [0.25, 0.3) is 0 Å². The Hall–Kier alpha value is -1.73. The van der Waals surface area contributed by atoms with E-state index >= 15 is 0 Å². The predicted molar refractivity (Wildman–Crippen MR) is 102 cm³/mol. The van der Waals surface area contributed by atoms with Crippen molar-refractivity contribution in [3.8, 4) is 0 Å². The highest BCUT2D eigenvalue weighted by molar-refractivity contribution is 8.15. The first-order valence-corrected chi connectivity index (χ1v) is 10.2. The second-order valence-corrected chi connectivity index (χ2v) is 7.95. The van der Waals surface area contributed by atoms with Crippen LogP contribution in [0, 0.1) is 0 Å². The Morgan fingerprint density at radius 3 is 2.64 bits per heavy atom. The number of carbonyl (C=O) groups excluding carboxylic acids is 2. The molecule has 2 atom stereocenters. The average molecular weight is 377 g/mol. The first-order valence-electron chi connectivity index (χ1n) is 8.08. The third-order valence-electron chi connectivity index (χ3n) is 4.19. The molecule has 25 heavy (non-hydrogen) atoms. The van der Waals surface area contributed by atoms with Crippen LogP contribution in [-0.4, -0.2) is 40.1 Å². The summed E-state index contributed by atoms with van der Waals surface area (Å²) in [6, 6.07) is 7.44. The Labute approximate surface area is 155 Å². The molecule has 2 heterocycles. The minimum absolute atomic E-state index is 0.0306. The number of hydrogen-bond donors (Lipinski definition) is 0. The van der Waals surface area contributed by atoms with Crippen LogP contribution in [0.5, 0.6) is 0 Å². The molecule has 2 aliphatic heterocycles. The number of thioether (sulfide) groups is 2. The summed E-state index contributed by atoms with van der Waals surface area (Å²) in [6.45, 7) is 5.71. The summed E-state index contributed by atoms with van der Waals surface area (Å²) in [5.41, 5.74) is 1.93. The number of carbonyl (C=O) groups is 2. The van der Waals surface area contributed by atoms with Gasteiger partial charge in [-0.15, -0.1) is 11.8 Å². The standard InChI is InChI=1S/C18H20N2O3S2/c1-5-23-17(22)14-10(2)19-18-20(16(21)11(3)25-18)15(14)12-6-8-13(24-4)9-7-12/h6-9,11,15H,5H2,1-4H3/t11-,15-/m1/s1. The Kier molecular flexibility index (Phi) is 5.24. The normalized spacial score (nSPS) is 22.8. The number of fused-ring (bicyclic) bond motifs is 1. The molecule has 132 valence electrons. The van der Waals surface area contributed by atoms with Gasteiger partial charge in [0.15, 0.2) is 5.17 Å². The van der Waals surface area contributed by atoms with E-state index in [1.165, 1.54) is 11.8 Å². The summed E-state index contributed by atoms with van der Waals surface area (Å²) in [7, 11) is 0. The van der Waals surface area contributed by atoms with Crippen molar-refractivity contribution in [2.75, 3.05) is 12.9 Å². The van der Waals surface area contributed by atoms with Gasteiger partial charge in [0, 0.05) is 4.90 Å². The summed E-state index contributed by atoms with van der Waals surface area (Å²) in [6.07, 6.45) is 2.01. The minimum Gasteiger partial charge on any atom is -0.463 e. The van der Waals surface area contributed by atoms with E-state index in [1.807, 2.05) is 37.4 Å². The molecule has 0 aliphatic carbocycles. The van der Waals surface area contributed by atoms with E-state index in [0.717, 1.165) is 10.5 Å². The van der Waals surface area contributed by atoms with Crippen LogP contribution in [0.3, 0.4) is 0 Å². The van der Waals surface area contributed by atoms with Crippen LogP contribution < -0.4 is 0 Å². The fourth-order valence-corrected chi connectivity index (χ4v) is 4.41. The van der Waals surface area contributed by atoms with Crippen LogP contribution in [-0.2, 0) is 14.3 Å². The number of benzene rings is 1. The molecule has 0 bridgehead atoms. The number of aliphatic imine (C=N–C) groups is 1. The van der Waals surface area contributed by atoms with E-state index in [9.17, 15) is 9.59 Å². The van der Waals surface area contributed by atoms with Crippen molar-refractivity contribution < 1.29 is 14.3 Å². The second kappa shape index (κ2) is 7.25. The highest BCUT2D eigenvalue weighted by atomic mass is 32.2. The number of rotatable bonds is 4. The van der Waals surface area contributed by atoms with Gasteiger partial charge in [0.1, 0.15) is 0 Å². The van der Waals surface area contributed by atoms with Crippen LogP contribution in [0.4, 0.5) is 0 Å². The average Bonchev–Trinajstić information content (AvgIpc) is 2.88. The molecule has 0 radical (unpaired) electrons. The molecule has 0 N–H and O–H groups in total. The number of ether oxygens (including phenoxy) is 1. The molecule has 3 rings (SSSR count). The van der Waals surface area contributed by atoms with Crippen LogP contribution in [0.2, 0.25) is 0 Å². The maximum absolute atomic E-state index is 12.7. The van der Waals surface area contributed by atoms with Gasteiger partial charge in [-0.2, -0.15) is 0 Å². The van der Waals surface area contributed by atoms with Gasteiger partial charge in [0.05, 0.1) is 29.2 Å². The number of hydrogen-bond acceptors (Lipinski definition) is 6. The van der Waals surface area contributed by atoms with Crippen LogP contribution in [0.15, 0.2) is 45.4 Å². The number of amidine groups is 1. The molecule has 1 aromatic rings. The Morgan fingerprint density at radius 1 is 1.36 bits per heavy atom. The molecule has 0 unspecified atom stereocenters. The van der Waals surface area contributed by atoms with Crippen molar-refractivity contribution in [2.24, 2.45) is 4.99 Å². The van der Waals surface area contributed by atoms with E-state index in [4.69, 9.17) is 4.74 Å². The SMILES string of the molecule is CCOC(=O)C1=C(C)N=C2S[C@H](C)C(=O)N2[C@@H]1c1ccc(SC)cc1. The van der Waals surface area contributed by atoms with Gasteiger partial charge in [-0.05, 0) is 44.7 Å². The van der Waals surface area contributed by atoms with Crippen molar-refractivity contribution in [1.29, 1.82) is 0 Å². The molecule has 7 heteroatoms. The Balaban J connectivity index is 2.12. The van der Waals surface area contributed by atoms with E-state index in [1.54, 1.807) is 30.5 Å². The van der Waals surface area contributed by atoms with Gasteiger partial charge in [-0.25, -0.2) is 9.79 Å². The largest absolute Gasteiger partial charge is 0.463 e. The lowest BCUT2D eigenvalue weighted by molar-refractivity contribution is -0.139. The molecule has 1 fully saturated rings. The number of amides is 1. The quantitative estimate of drug-likeness (QED) is 0.593. The molecular formula is C18H20N2O3S2. The number of allylic oxidation sites excluding steroid dienone is 1. The first-order chi connectivity index (χ1) is 12.0. The monoisotopic (exact) mass is 376 g/mol. The molecule has 0 spiro atoms. The Bertz CT molecular complexity index is 771. The third kappa shape index (κ3) is 3.22. The molecule has 0 aromatic heterocycles. The molecule has 1 aromatic carbocycles. The summed E-state index contributed by atoms with van der Waals surface area (Å²) >= 11 is 3.08. The summed E-state index contributed by atoms with van der Waals surface area (Å²) < 4.78 is 5.24. The fourth-order valence-electron chi connectivity index (χ4n) is 2.97. The van der Waals surface area contributed by atoms with Crippen molar-refractivity contribution >= 4 is 40.6 Å². The zero-order valence-corrected chi connectivity index (χ0v) is 16.2. The lowest BCUT2D eigenvalue weighted by Crippen LogP contribution is -2.40. The molecular weight excluding hydrogens is 356 g/mol. The molecule has 1 saturated heterocycles. The van der Waals surface area contributed by atoms with E-state index in [-0.39, 0.29) is 17.8 Å². The summed E-state index contributed by atoms with van der Waals surface area (Å²) in [5, 5.41) is 0.447. The Morgan fingerprint density at radius 2 is 2.04 bits per heavy atom. The lowest BCUT2D eigenvalue weighted by atomic mass is 9.94. The smallest absolute Gasteiger partial charge is 0.338 e. The zero-order chi connectivity index (χ0) is 18.1. The maximum Gasteiger partial charge on any atom is 0.338 e. The van der Waals surface area contributed by atoms with Gasteiger partial charge in [0.2, 0.25) is 5.91 Å². The molecule has 2 aliphatic rings. The van der Waals surface area contributed by atoms with Gasteiger partial charge in [-0.3, -0.25) is 9.69 Å². The maximum atomic E-state index is 12.7. The van der Waals surface area contributed by atoms with Crippen molar-refractivity contribution in [3.63, 3.8) is 0 Å². The lowest BCUT2D eigenvalue weighted by Gasteiger charge is -2.33. The second-order valence-electron chi connectivity index (χ2n) is 5.76. The van der Waals surface area contributed by atoms with E-state index in [2.05, 4.69) is 4.99 Å².